The minimum Gasteiger partial charge on any atom is -0.390 e. The summed E-state index contributed by atoms with van der Waals surface area (Å²) in [6, 6.07) is 9.83. The largest absolute Gasteiger partial charge is 0.390 e. The number of hydrogen-bond donors (Lipinski definition) is 1. The summed E-state index contributed by atoms with van der Waals surface area (Å²) in [6.45, 7) is 1.38. The van der Waals surface area contributed by atoms with Crippen LogP contribution in [-0.4, -0.2) is 31.5 Å². The highest BCUT2D eigenvalue weighted by molar-refractivity contribution is 5.19. The van der Waals surface area contributed by atoms with Gasteiger partial charge in [-0.1, -0.05) is 30.3 Å². The van der Waals surface area contributed by atoms with Crippen LogP contribution in [-0.2, 0) is 9.47 Å². The molecule has 0 aliphatic carbocycles. The maximum Gasteiger partial charge on any atom is 0.108 e. The van der Waals surface area contributed by atoms with Crippen LogP contribution in [0.2, 0.25) is 0 Å². The van der Waals surface area contributed by atoms with Gasteiger partial charge in [0.2, 0.25) is 0 Å². The normalized spacial score (nSPS) is 24.2. The molecule has 1 aliphatic heterocycles. The Labute approximate surface area is 96.0 Å². The summed E-state index contributed by atoms with van der Waals surface area (Å²) in [7, 11) is 1.64. The molecule has 0 saturated carbocycles. The molecule has 1 heterocycles. The maximum absolute atomic E-state index is 10.3. The SMILES string of the molecule is COC(c1ccccc1)C(O)C1CCOC1. The quantitative estimate of drug-likeness (QED) is 0.843. The van der Waals surface area contributed by atoms with Crippen molar-refractivity contribution in [2.24, 2.45) is 5.92 Å². The van der Waals surface area contributed by atoms with E-state index in [0.717, 1.165) is 18.6 Å². The molecule has 1 saturated heterocycles. The topological polar surface area (TPSA) is 38.7 Å². The summed E-state index contributed by atoms with van der Waals surface area (Å²) in [5.74, 6) is 0.185. The Kier molecular flexibility index (Phi) is 3.93. The number of benzene rings is 1. The summed E-state index contributed by atoms with van der Waals surface area (Å²) >= 11 is 0. The monoisotopic (exact) mass is 222 g/mol. The van der Waals surface area contributed by atoms with Crippen molar-refractivity contribution in [2.45, 2.75) is 18.6 Å². The summed E-state index contributed by atoms with van der Waals surface area (Å²) in [5, 5.41) is 10.3. The van der Waals surface area contributed by atoms with Gasteiger partial charge in [0.25, 0.3) is 0 Å². The molecule has 2 rings (SSSR count). The number of ether oxygens (including phenoxy) is 2. The fourth-order valence-corrected chi connectivity index (χ4v) is 2.18. The molecule has 3 nitrogen and oxygen atoms in total. The van der Waals surface area contributed by atoms with Crippen molar-refractivity contribution < 1.29 is 14.6 Å². The minimum absolute atomic E-state index is 0.185. The van der Waals surface area contributed by atoms with Crippen molar-refractivity contribution in [3.8, 4) is 0 Å². The first-order valence-corrected chi connectivity index (χ1v) is 5.66. The van der Waals surface area contributed by atoms with Crippen molar-refractivity contribution >= 4 is 0 Å². The van der Waals surface area contributed by atoms with Gasteiger partial charge >= 0.3 is 0 Å². The van der Waals surface area contributed by atoms with E-state index in [1.807, 2.05) is 30.3 Å². The van der Waals surface area contributed by atoms with Gasteiger partial charge in [0.15, 0.2) is 0 Å². The molecule has 1 aromatic rings. The molecule has 1 aromatic carbocycles. The number of rotatable bonds is 4. The molecule has 16 heavy (non-hydrogen) atoms. The molecule has 0 bridgehead atoms. The average molecular weight is 222 g/mol. The average Bonchev–Trinajstić information content (AvgIpc) is 2.85. The van der Waals surface area contributed by atoms with Crippen LogP contribution >= 0.6 is 0 Å². The zero-order chi connectivity index (χ0) is 11.4. The van der Waals surface area contributed by atoms with Crippen molar-refractivity contribution in [1.82, 2.24) is 0 Å². The Hall–Kier alpha value is -0.900. The van der Waals surface area contributed by atoms with Gasteiger partial charge in [0.05, 0.1) is 12.7 Å². The lowest BCUT2D eigenvalue weighted by atomic mass is 9.93. The van der Waals surface area contributed by atoms with E-state index in [1.165, 1.54) is 0 Å². The van der Waals surface area contributed by atoms with E-state index in [-0.39, 0.29) is 12.0 Å². The van der Waals surface area contributed by atoms with Gasteiger partial charge in [0, 0.05) is 19.6 Å². The van der Waals surface area contributed by atoms with Crippen LogP contribution < -0.4 is 0 Å². The lowest BCUT2D eigenvalue weighted by Gasteiger charge is -2.25. The summed E-state index contributed by atoms with van der Waals surface area (Å²) in [4.78, 5) is 0. The second kappa shape index (κ2) is 5.43. The zero-order valence-electron chi connectivity index (χ0n) is 9.50. The molecule has 3 unspecified atom stereocenters. The van der Waals surface area contributed by atoms with Gasteiger partial charge in [0.1, 0.15) is 6.10 Å². The second-order valence-corrected chi connectivity index (χ2v) is 4.18. The number of hydrogen-bond acceptors (Lipinski definition) is 3. The fourth-order valence-electron chi connectivity index (χ4n) is 2.18. The number of aliphatic hydroxyl groups excluding tert-OH is 1. The van der Waals surface area contributed by atoms with Crippen molar-refractivity contribution in [2.75, 3.05) is 20.3 Å². The van der Waals surface area contributed by atoms with Crippen LogP contribution in [0.4, 0.5) is 0 Å². The van der Waals surface area contributed by atoms with Crippen LogP contribution in [0, 0.1) is 5.92 Å². The predicted octanol–water partition coefficient (Wildman–Crippen LogP) is 1.77. The smallest absolute Gasteiger partial charge is 0.108 e. The number of aliphatic hydroxyl groups is 1. The van der Waals surface area contributed by atoms with Gasteiger partial charge in [-0.15, -0.1) is 0 Å². The van der Waals surface area contributed by atoms with Gasteiger partial charge in [-0.25, -0.2) is 0 Å². The minimum atomic E-state index is -0.491. The molecule has 1 fully saturated rings. The highest BCUT2D eigenvalue weighted by Crippen LogP contribution is 2.29. The lowest BCUT2D eigenvalue weighted by Crippen LogP contribution is -2.29. The third kappa shape index (κ3) is 2.43. The summed E-state index contributed by atoms with van der Waals surface area (Å²) < 4.78 is 10.7. The van der Waals surface area contributed by atoms with Crippen LogP contribution in [0.15, 0.2) is 30.3 Å². The third-order valence-electron chi connectivity index (χ3n) is 3.14. The van der Waals surface area contributed by atoms with Gasteiger partial charge < -0.3 is 14.6 Å². The van der Waals surface area contributed by atoms with Crippen molar-refractivity contribution in [3.05, 3.63) is 35.9 Å². The van der Waals surface area contributed by atoms with E-state index in [9.17, 15) is 5.11 Å². The van der Waals surface area contributed by atoms with E-state index in [2.05, 4.69) is 0 Å². The highest BCUT2D eigenvalue weighted by Gasteiger charge is 2.31. The van der Waals surface area contributed by atoms with E-state index >= 15 is 0 Å². The van der Waals surface area contributed by atoms with E-state index in [4.69, 9.17) is 9.47 Å². The van der Waals surface area contributed by atoms with Crippen LogP contribution in [0.1, 0.15) is 18.1 Å². The third-order valence-corrected chi connectivity index (χ3v) is 3.14. The highest BCUT2D eigenvalue weighted by atomic mass is 16.5. The maximum atomic E-state index is 10.3. The molecule has 0 aromatic heterocycles. The standard InChI is InChI=1S/C13H18O3/c1-15-13(10-5-3-2-4-6-10)12(14)11-7-8-16-9-11/h2-6,11-14H,7-9H2,1H3. The molecule has 0 amide bonds. The summed E-state index contributed by atoms with van der Waals surface area (Å²) in [6.07, 6.45) is 0.163. The molecular formula is C13H18O3. The lowest BCUT2D eigenvalue weighted by molar-refractivity contribution is -0.0447. The molecule has 0 radical (unpaired) electrons. The van der Waals surface area contributed by atoms with E-state index in [0.29, 0.717) is 6.61 Å². The Morgan fingerprint density at radius 2 is 2.12 bits per heavy atom. The van der Waals surface area contributed by atoms with Crippen LogP contribution in [0.5, 0.6) is 0 Å². The zero-order valence-corrected chi connectivity index (χ0v) is 9.50. The van der Waals surface area contributed by atoms with Crippen LogP contribution in [0.3, 0.4) is 0 Å². The van der Waals surface area contributed by atoms with Gasteiger partial charge in [-0.05, 0) is 12.0 Å². The van der Waals surface area contributed by atoms with Crippen molar-refractivity contribution in [1.29, 1.82) is 0 Å². The first-order chi connectivity index (χ1) is 7.83. The molecule has 88 valence electrons. The molecule has 1 N–H and O–H groups in total. The van der Waals surface area contributed by atoms with E-state index < -0.39 is 6.10 Å². The Bertz CT molecular complexity index is 306. The fraction of sp³-hybridized carbons (Fsp3) is 0.538. The second-order valence-electron chi connectivity index (χ2n) is 4.18. The van der Waals surface area contributed by atoms with Gasteiger partial charge in [-0.2, -0.15) is 0 Å². The predicted molar refractivity (Wildman–Crippen MR) is 61.1 cm³/mol. The van der Waals surface area contributed by atoms with Crippen molar-refractivity contribution in [3.63, 3.8) is 0 Å². The first kappa shape index (κ1) is 11.6. The molecule has 0 spiro atoms. The molecule has 3 atom stereocenters. The Morgan fingerprint density at radius 3 is 2.69 bits per heavy atom. The Morgan fingerprint density at radius 1 is 1.38 bits per heavy atom. The Balaban J connectivity index is 2.09. The molecular weight excluding hydrogens is 204 g/mol. The summed E-state index contributed by atoms with van der Waals surface area (Å²) in [5.41, 5.74) is 1.02. The van der Waals surface area contributed by atoms with E-state index in [1.54, 1.807) is 7.11 Å². The first-order valence-electron chi connectivity index (χ1n) is 5.66. The van der Waals surface area contributed by atoms with Gasteiger partial charge in [-0.3, -0.25) is 0 Å². The van der Waals surface area contributed by atoms with Crippen LogP contribution in [0.25, 0.3) is 0 Å². The molecule has 3 heteroatoms. The number of methoxy groups -OCH3 is 1. The molecule has 1 aliphatic rings.